The number of aromatic nitrogens is 2. The minimum atomic E-state index is -0.344. The van der Waals surface area contributed by atoms with Crippen LogP contribution in [0.4, 0.5) is 11.5 Å². The Balaban J connectivity index is 1.72. The van der Waals surface area contributed by atoms with Crippen LogP contribution in [0.3, 0.4) is 0 Å². The number of methoxy groups -OCH3 is 1. The average molecular weight is 436 g/mol. The molecule has 0 saturated carbocycles. The van der Waals surface area contributed by atoms with E-state index in [4.69, 9.17) is 15.2 Å². The van der Waals surface area contributed by atoms with Gasteiger partial charge >= 0.3 is 5.97 Å². The van der Waals surface area contributed by atoms with Crippen LogP contribution in [0.2, 0.25) is 0 Å². The van der Waals surface area contributed by atoms with Crippen LogP contribution in [0.5, 0.6) is 11.6 Å². The average Bonchev–Trinajstić information content (AvgIpc) is 2.96. The molecule has 1 amide bonds. The van der Waals surface area contributed by atoms with Crippen LogP contribution in [0.25, 0.3) is 0 Å². The van der Waals surface area contributed by atoms with E-state index < -0.39 is 0 Å². The van der Waals surface area contributed by atoms with Crippen molar-refractivity contribution in [1.29, 1.82) is 0 Å². The van der Waals surface area contributed by atoms with Gasteiger partial charge in [0.25, 0.3) is 5.91 Å². The number of fused-ring (bicyclic) bond motifs is 1. The zero-order chi connectivity index (χ0) is 23.1. The second-order valence-electron chi connectivity index (χ2n) is 6.82. The van der Waals surface area contributed by atoms with Crippen LogP contribution >= 0.6 is 0 Å². The van der Waals surface area contributed by atoms with Crippen molar-refractivity contribution in [2.75, 3.05) is 30.9 Å². The zero-order valence-electron chi connectivity index (χ0n) is 17.9. The third kappa shape index (κ3) is 5.31. The van der Waals surface area contributed by atoms with Gasteiger partial charge < -0.3 is 24.8 Å². The standard InChI is InChI=1S/C23H24N4O5/c1-4-16(13-19(28)30-3)6-5-15(2)32-18-9-7-17(8-10-18)27-11-12-31-22-20(23(27)29)21(24)25-14-26-22/h4-10,14H,1,11-13H2,2-3H3,(H2,24,25,26)/b15-5+,16-6+. The van der Waals surface area contributed by atoms with Gasteiger partial charge in [-0.1, -0.05) is 18.7 Å². The third-order valence-electron chi connectivity index (χ3n) is 4.65. The molecule has 0 spiro atoms. The lowest BCUT2D eigenvalue weighted by molar-refractivity contribution is -0.139. The van der Waals surface area contributed by atoms with Crippen LogP contribution in [0.15, 0.2) is 66.7 Å². The van der Waals surface area contributed by atoms with Crippen molar-refractivity contribution in [3.8, 4) is 11.6 Å². The predicted molar refractivity (Wildman–Crippen MR) is 119 cm³/mol. The number of nitrogens with two attached hydrogens (primary N) is 1. The molecule has 2 heterocycles. The molecule has 0 unspecified atom stereocenters. The van der Waals surface area contributed by atoms with Crippen LogP contribution in [-0.2, 0) is 9.53 Å². The van der Waals surface area contributed by atoms with Crippen molar-refractivity contribution in [3.63, 3.8) is 0 Å². The molecule has 9 nitrogen and oxygen atoms in total. The van der Waals surface area contributed by atoms with Gasteiger partial charge in [0, 0.05) is 5.69 Å². The number of rotatable bonds is 7. The SMILES string of the molecule is C=C/C(=C\C=C(/C)Oc1ccc(N2CCOc3ncnc(N)c3C2=O)cc1)CC(=O)OC. The van der Waals surface area contributed by atoms with Crippen LogP contribution in [0, 0.1) is 0 Å². The molecule has 0 atom stereocenters. The fourth-order valence-corrected chi connectivity index (χ4v) is 2.99. The van der Waals surface area contributed by atoms with Gasteiger partial charge in [-0.15, -0.1) is 0 Å². The predicted octanol–water partition coefficient (Wildman–Crippen LogP) is 3.06. The number of hydrogen-bond acceptors (Lipinski definition) is 8. The van der Waals surface area contributed by atoms with Gasteiger partial charge in [-0.25, -0.2) is 9.97 Å². The lowest BCUT2D eigenvalue weighted by Crippen LogP contribution is -2.32. The second-order valence-corrected chi connectivity index (χ2v) is 6.82. The first-order valence-electron chi connectivity index (χ1n) is 9.82. The Hall–Kier alpha value is -4.14. The summed E-state index contributed by atoms with van der Waals surface area (Å²) in [7, 11) is 1.34. The number of allylic oxidation sites excluding steroid dienone is 4. The summed E-state index contributed by atoms with van der Waals surface area (Å²) in [5, 5.41) is 0. The van der Waals surface area contributed by atoms with Gasteiger partial charge in [0.15, 0.2) is 0 Å². The normalized spacial score (nSPS) is 14.2. The number of carbonyl (C=O) groups excluding carboxylic acids is 2. The Kier molecular flexibility index (Phi) is 7.22. The lowest BCUT2D eigenvalue weighted by atomic mass is 10.1. The number of ether oxygens (including phenoxy) is 3. The van der Waals surface area contributed by atoms with Crippen molar-refractivity contribution >= 4 is 23.4 Å². The summed E-state index contributed by atoms with van der Waals surface area (Å²) < 4.78 is 16.0. The fourth-order valence-electron chi connectivity index (χ4n) is 2.99. The molecule has 0 aliphatic carbocycles. The Bertz CT molecular complexity index is 1080. The van der Waals surface area contributed by atoms with Crippen molar-refractivity contribution < 1.29 is 23.8 Å². The molecule has 0 fully saturated rings. The molecule has 1 aliphatic heterocycles. The quantitative estimate of drug-likeness (QED) is 0.400. The van der Waals surface area contributed by atoms with E-state index in [1.54, 1.807) is 54.3 Å². The highest BCUT2D eigenvalue weighted by molar-refractivity contribution is 6.10. The summed E-state index contributed by atoms with van der Waals surface area (Å²) in [6, 6.07) is 7.05. The van der Waals surface area contributed by atoms with Gasteiger partial charge in [0.2, 0.25) is 5.88 Å². The Morgan fingerprint density at radius 2 is 2.03 bits per heavy atom. The molecular formula is C23H24N4O5. The molecule has 3 rings (SSSR count). The summed E-state index contributed by atoms with van der Waals surface area (Å²) in [6.45, 7) is 6.10. The Labute approximate surface area is 185 Å². The van der Waals surface area contributed by atoms with Gasteiger partial charge in [-0.2, -0.15) is 0 Å². The molecule has 0 bridgehead atoms. The zero-order valence-corrected chi connectivity index (χ0v) is 17.9. The van der Waals surface area contributed by atoms with E-state index in [0.29, 0.717) is 29.3 Å². The Morgan fingerprint density at radius 1 is 1.28 bits per heavy atom. The molecular weight excluding hydrogens is 412 g/mol. The van der Waals surface area contributed by atoms with Gasteiger partial charge in [-0.3, -0.25) is 9.59 Å². The molecule has 32 heavy (non-hydrogen) atoms. The first-order valence-corrected chi connectivity index (χ1v) is 9.82. The number of hydrogen-bond donors (Lipinski definition) is 1. The Morgan fingerprint density at radius 3 is 2.72 bits per heavy atom. The van der Waals surface area contributed by atoms with Crippen LogP contribution < -0.4 is 20.1 Å². The van der Waals surface area contributed by atoms with E-state index in [0.717, 1.165) is 0 Å². The van der Waals surface area contributed by atoms with Gasteiger partial charge in [0.1, 0.15) is 35.8 Å². The van der Waals surface area contributed by atoms with Gasteiger partial charge in [-0.05, 0) is 42.8 Å². The summed E-state index contributed by atoms with van der Waals surface area (Å²) in [5.41, 5.74) is 7.40. The van der Waals surface area contributed by atoms with E-state index in [2.05, 4.69) is 21.3 Å². The van der Waals surface area contributed by atoms with E-state index in [1.165, 1.54) is 13.4 Å². The number of anilines is 2. The fraction of sp³-hybridized carbons (Fsp3) is 0.217. The molecule has 1 aliphatic rings. The first-order chi connectivity index (χ1) is 15.4. The van der Waals surface area contributed by atoms with Crippen molar-refractivity contribution in [1.82, 2.24) is 9.97 Å². The highest BCUT2D eigenvalue weighted by Crippen LogP contribution is 2.28. The molecule has 2 N–H and O–H groups in total. The number of nitrogens with zero attached hydrogens (tertiary/aromatic N) is 3. The maximum Gasteiger partial charge on any atom is 0.309 e. The maximum atomic E-state index is 13.0. The number of amides is 1. The van der Waals surface area contributed by atoms with Crippen LogP contribution in [0.1, 0.15) is 23.7 Å². The first kappa shape index (κ1) is 22.5. The van der Waals surface area contributed by atoms with Crippen molar-refractivity contribution in [3.05, 3.63) is 72.3 Å². The summed E-state index contributed by atoms with van der Waals surface area (Å²) in [5.74, 6) is 0.790. The molecule has 1 aromatic carbocycles. The van der Waals surface area contributed by atoms with Gasteiger partial charge in [0.05, 0.1) is 20.1 Å². The molecule has 2 aromatic rings. The highest BCUT2D eigenvalue weighted by Gasteiger charge is 2.28. The number of carbonyl (C=O) groups is 2. The smallest absolute Gasteiger partial charge is 0.309 e. The molecule has 166 valence electrons. The van der Waals surface area contributed by atoms with Crippen molar-refractivity contribution in [2.45, 2.75) is 13.3 Å². The number of esters is 1. The lowest BCUT2D eigenvalue weighted by Gasteiger charge is -2.20. The molecule has 0 saturated heterocycles. The number of nitrogen functional groups attached to an aromatic ring is 1. The monoisotopic (exact) mass is 436 g/mol. The summed E-state index contributed by atoms with van der Waals surface area (Å²) in [4.78, 5) is 33.8. The maximum absolute atomic E-state index is 13.0. The number of benzene rings is 1. The highest BCUT2D eigenvalue weighted by atomic mass is 16.5. The molecule has 9 heteroatoms. The van der Waals surface area contributed by atoms with E-state index >= 15 is 0 Å². The minimum Gasteiger partial charge on any atom is -0.475 e. The second kappa shape index (κ2) is 10.3. The summed E-state index contributed by atoms with van der Waals surface area (Å²) >= 11 is 0. The van der Waals surface area contributed by atoms with Crippen molar-refractivity contribution in [2.24, 2.45) is 0 Å². The topological polar surface area (TPSA) is 117 Å². The summed E-state index contributed by atoms with van der Waals surface area (Å²) in [6.07, 6.45) is 6.47. The van der Waals surface area contributed by atoms with E-state index in [-0.39, 0.29) is 42.2 Å². The minimum absolute atomic E-state index is 0.0757. The van der Waals surface area contributed by atoms with E-state index in [9.17, 15) is 9.59 Å². The van der Waals surface area contributed by atoms with Crippen LogP contribution in [-0.4, -0.2) is 42.1 Å². The van der Waals surface area contributed by atoms with E-state index in [1.807, 2.05) is 0 Å². The molecule has 1 aromatic heterocycles. The molecule has 0 radical (unpaired) electrons. The largest absolute Gasteiger partial charge is 0.475 e. The third-order valence-corrected chi connectivity index (χ3v) is 4.65.